The van der Waals surface area contributed by atoms with Gasteiger partial charge < -0.3 is 24.4 Å². The molecule has 0 spiro atoms. The number of hydrogen-bond acceptors (Lipinski definition) is 6. The minimum atomic E-state index is -0.685. The maximum absolute atomic E-state index is 14.0. The Bertz CT molecular complexity index is 1250. The van der Waals surface area contributed by atoms with Gasteiger partial charge >= 0.3 is 0 Å². The van der Waals surface area contributed by atoms with Crippen LogP contribution in [-0.2, 0) is 21.3 Å². The van der Waals surface area contributed by atoms with Crippen LogP contribution in [0.2, 0.25) is 0 Å². The zero-order valence-corrected chi connectivity index (χ0v) is 24.8. The predicted molar refractivity (Wildman–Crippen MR) is 158 cm³/mol. The van der Waals surface area contributed by atoms with Crippen LogP contribution in [0.4, 0.5) is 0 Å². The van der Waals surface area contributed by atoms with E-state index in [4.69, 9.17) is 9.47 Å². The lowest BCUT2D eigenvalue weighted by molar-refractivity contribution is -0.171. The van der Waals surface area contributed by atoms with E-state index >= 15 is 0 Å². The lowest BCUT2D eigenvalue weighted by atomic mass is 9.80. The SMILES string of the molecule is CCO[C@H]1OC(C(=O)N2CCC(N3CCCCC3)CC2)=C[C@@H](c2c(C)n(C)n(-c3ccccc3)c2=O)[C@@H]1CCCO. The van der Waals surface area contributed by atoms with Crippen molar-refractivity contribution in [2.24, 2.45) is 13.0 Å². The maximum Gasteiger partial charge on any atom is 0.288 e. The molecule has 0 aliphatic carbocycles. The Hall–Kier alpha value is -2.88. The molecule has 1 aromatic heterocycles. The summed E-state index contributed by atoms with van der Waals surface area (Å²) >= 11 is 0. The van der Waals surface area contributed by atoms with Crippen molar-refractivity contribution in [1.29, 1.82) is 0 Å². The molecule has 1 amide bonds. The molecule has 3 aliphatic rings. The molecule has 2 aromatic rings. The molecule has 3 atom stereocenters. The van der Waals surface area contributed by atoms with E-state index in [2.05, 4.69) is 4.90 Å². The van der Waals surface area contributed by atoms with Gasteiger partial charge in [0.2, 0.25) is 6.29 Å². The van der Waals surface area contributed by atoms with E-state index in [1.807, 2.05) is 66.9 Å². The lowest BCUT2D eigenvalue weighted by Crippen LogP contribution is -2.49. The van der Waals surface area contributed by atoms with Gasteiger partial charge in [-0.25, -0.2) is 4.68 Å². The van der Waals surface area contributed by atoms with Gasteiger partial charge in [0.15, 0.2) is 5.76 Å². The number of para-hydroxylation sites is 1. The zero-order valence-electron chi connectivity index (χ0n) is 24.8. The fraction of sp³-hybridized carbons (Fsp3) is 0.625. The van der Waals surface area contributed by atoms with Crippen molar-refractivity contribution in [1.82, 2.24) is 19.2 Å². The number of aliphatic hydroxyl groups excluding tert-OH is 1. The number of amides is 1. The first kappa shape index (κ1) is 29.6. The molecule has 9 heteroatoms. The molecule has 0 unspecified atom stereocenters. The van der Waals surface area contributed by atoms with E-state index in [0.717, 1.165) is 37.3 Å². The largest absolute Gasteiger partial charge is 0.459 e. The van der Waals surface area contributed by atoms with Crippen molar-refractivity contribution < 1.29 is 19.4 Å². The molecule has 3 aliphatic heterocycles. The van der Waals surface area contributed by atoms with Gasteiger partial charge in [0, 0.05) is 62.5 Å². The van der Waals surface area contributed by atoms with Gasteiger partial charge in [0.05, 0.1) is 5.69 Å². The Labute approximate surface area is 243 Å². The third kappa shape index (κ3) is 6.17. The van der Waals surface area contributed by atoms with Crippen LogP contribution in [0.15, 0.2) is 47.0 Å². The molecule has 2 fully saturated rings. The van der Waals surface area contributed by atoms with Crippen LogP contribution in [0.1, 0.15) is 69.0 Å². The lowest BCUT2D eigenvalue weighted by Gasteiger charge is -2.41. The van der Waals surface area contributed by atoms with Crippen LogP contribution in [0.25, 0.3) is 5.69 Å². The van der Waals surface area contributed by atoms with Crippen molar-refractivity contribution >= 4 is 5.91 Å². The Kier molecular flexibility index (Phi) is 9.68. The van der Waals surface area contributed by atoms with Crippen LogP contribution in [-0.4, -0.2) is 81.9 Å². The number of allylic oxidation sites excluding steroid dienone is 1. The topological polar surface area (TPSA) is 89.2 Å². The first-order valence-electron chi connectivity index (χ1n) is 15.4. The number of piperidine rings is 2. The molecule has 41 heavy (non-hydrogen) atoms. The first-order chi connectivity index (χ1) is 19.9. The van der Waals surface area contributed by atoms with Gasteiger partial charge in [-0.15, -0.1) is 0 Å². The molecular formula is C32H46N4O5. The summed E-state index contributed by atoms with van der Waals surface area (Å²) in [5.41, 5.74) is 2.14. The van der Waals surface area contributed by atoms with Crippen LogP contribution in [0.3, 0.4) is 0 Å². The first-order valence-corrected chi connectivity index (χ1v) is 15.4. The molecule has 1 aromatic carbocycles. The summed E-state index contributed by atoms with van der Waals surface area (Å²) in [5, 5.41) is 9.67. The summed E-state index contributed by atoms with van der Waals surface area (Å²) in [6.07, 6.45) is 8.11. The number of nitrogens with zero attached hydrogens (tertiary/aromatic N) is 4. The summed E-state index contributed by atoms with van der Waals surface area (Å²) in [6.45, 7) is 8.03. The summed E-state index contributed by atoms with van der Waals surface area (Å²) in [6, 6.07) is 10.1. The number of ether oxygens (including phenoxy) is 2. The van der Waals surface area contributed by atoms with Gasteiger partial charge in [0.25, 0.3) is 11.5 Å². The number of carbonyl (C=O) groups excluding carboxylic acids is 1. The quantitative estimate of drug-likeness (QED) is 0.498. The molecule has 0 radical (unpaired) electrons. The van der Waals surface area contributed by atoms with Gasteiger partial charge in [-0.3, -0.25) is 14.3 Å². The van der Waals surface area contributed by atoms with E-state index in [9.17, 15) is 14.7 Å². The van der Waals surface area contributed by atoms with E-state index in [0.29, 0.717) is 44.1 Å². The van der Waals surface area contributed by atoms with E-state index < -0.39 is 6.29 Å². The minimum absolute atomic E-state index is 0.0333. The molecule has 1 N–H and O–H groups in total. The Morgan fingerprint density at radius 1 is 1.07 bits per heavy atom. The fourth-order valence-corrected chi connectivity index (χ4v) is 6.94. The second kappa shape index (κ2) is 13.4. The maximum atomic E-state index is 14.0. The second-order valence-electron chi connectivity index (χ2n) is 11.6. The van der Waals surface area contributed by atoms with Crippen LogP contribution >= 0.6 is 0 Å². The highest BCUT2D eigenvalue weighted by Crippen LogP contribution is 2.40. The third-order valence-corrected chi connectivity index (χ3v) is 9.21. The van der Waals surface area contributed by atoms with Gasteiger partial charge in [-0.2, -0.15) is 0 Å². The summed E-state index contributed by atoms with van der Waals surface area (Å²) in [5.74, 6) is -0.477. The summed E-state index contributed by atoms with van der Waals surface area (Å²) in [7, 11) is 1.89. The highest BCUT2D eigenvalue weighted by atomic mass is 16.7. The molecule has 224 valence electrons. The molecule has 2 saturated heterocycles. The number of likely N-dealkylation sites (tertiary alicyclic amines) is 2. The number of aromatic nitrogens is 2. The van der Waals surface area contributed by atoms with Gasteiger partial charge in [-0.1, -0.05) is 24.6 Å². The Balaban J connectivity index is 1.46. The average Bonchev–Trinajstić information content (AvgIpc) is 3.23. The molecular weight excluding hydrogens is 520 g/mol. The van der Waals surface area contributed by atoms with E-state index in [1.165, 1.54) is 19.3 Å². The number of carbonyl (C=O) groups is 1. The highest BCUT2D eigenvalue weighted by molar-refractivity contribution is 5.92. The van der Waals surface area contributed by atoms with Gasteiger partial charge in [-0.05, 0) is 83.7 Å². The zero-order chi connectivity index (χ0) is 28.9. The molecule has 4 heterocycles. The molecule has 0 bridgehead atoms. The van der Waals surface area contributed by atoms with Crippen molar-refractivity contribution in [3.05, 3.63) is 63.8 Å². The normalized spacial score (nSPS) is 24.2. The van der Waals surface area contributed by atoms with Crippen molar-refractivity contribution in [2.45, 2.75) is 77.0 Å². The smallest absolute Gasteiger partial charge is 0.288 e. The standard InChI is InChI=1S/C32H46N4O5/c1-4-40-32-26(14-11-21-37)27(29-23(2)33(3)36(31(29)39)25-12-7-5-8-13-25)22-28(41-32)30(38)35-19-15-24(16-20-35)34-17-9-6-10-18-34/h5,7-8,12-13,22,24,26-27,32,37H,4,6,9-11,14-21H2,1-3H3/t26-,27+,32-/m0/s1. The molecule has 5 rings (SSSR count). The Morgan fingerprint density at radius 3 is 2.44 bits per heavy atom. The van der Waals surface area contributed by atoms with E-state index in [-0.39, 0.29) is 35.7 Å². The van der Waals surface area contributed by atoms with Crippen LogP contribution in [0, 0.1) is 12.8 Å². The second-order valence-corrected chi connectivity index (χ2v) is 11.6. The number of rotatable bonds is 9. The number of benzene rings is 1. The summed E-state index contributed by atoms with van der Waals surface area (Å²) < 4.78 is 15.9. The highest BCUT2D eigenvalue weighted by Gasteiger charge is 2.42. The molecule has 9 nitrogen and oxygen atoms in total. The average molecular weight is 567 g/mol. The van der Waals surface area contributed by atoms with Crippen molar-refractivity contribution in [3.63, 3.8) is 0 Å². The van der Waals surface area contributed by atoms with Crippen molar-refractivity contribution in [2.75, 3.05) is 39.4 Å². The Morgan fingerprint density at radius 2 is 1.78 bits per heavy atom. The van der Waals surface area contributed by atoms with Crippen LogP contribution in [0.5, 0.6) is 0 Å². The number of aliphatic hydroxyl groups is 1. The number of hydrogen-bond donors (Lipinski definition) is 1. The molecule has 0 saturated carbocycles. The summed E-state index contributed by atoms with van der Waals surface area (Å²) in [4.78, 5) is 32.4. The monoisotopic (exact) mass is 566 g/mol. The third-order valence-electron chi connectivity index (χ3n) is 9.21. The predicted octanol–water partition coefficient (Wildman–Crippen LogP) is 3.71. The van der Waals surface area contributed by atoms with Gasteiger partial charge in [0.1, 0.15) is 0 Å². The van der Waals surface area contributed by atoms with Crippen LogP contribution < -0.4 is 5.56 Å². The fourth-order valence-electron chi connectivity index (χ4n) is 6.94. The van der Waals surface area contributed by atoms with E-state index in [1.54, 1.807) is 4.68 Å². The van der Waals surface area contributed by atoms with Crippen molar-refractivity contribution in [3.8, 4) is 5.69 Å². The minimum Gasteiger partial charge on any atom is -0.459 e.